The second-order valence-corrected chi connectivity index (χ2v) is 4.40. The first kappa shape index (κ1) is 12.5. The Kier molecular flexibility index (Phi) is 2.97. The predicted molar refractivity (Wildman–Crippen MR) is 65.3 cm³/mol. The van der Waals surface area contributed by atoms with E-state index >= 15 is 0 Å². The number of aliphatic imine (C=N–C) groups is 3. The Morgan fingerprint density at radius 3 is 2.84 bits per heavy atom. The van der Waals surface area contributed by atoms with Crippen molar-refractivity contribution in [1.29, 1.82) is 0 Å². The number of nitrogens with two attached hydrogens (primary N) is 1. The molecule has 103 valence electrons. The number of aliphatic hydroxyl groups excluding tert-OH is 3. The van der Waals surface area contributed by atoms with E-state index in [0.29, 0.717) is 11.9 Å². The first-order valence-electron chi connectivity index (χ1n) is 5.80. The van der Waals surface area contributed by atoms with E-state index < -0.39 is 24.5 Å². The molecule has 0 unspecified atom stereocenters. The molecule has 3 aliphatic rings. The molecule has 0 aromatic carbocycles. The second-order valence-electron chi connectivity index (χ2n) is 4.40. The lowest BCUT2D eigenvalue weighted by Crippen LogP contribution is -2.47. The number of aliphatic hydroxyl groups is 3. The van der Waals surface area contributed by atoms with Gasteiger partial charge in [-0.3, -0.25) is 4.90 Å². The fourth-order valence-electron chi connectivity index (χ4n) is 2.24. The standard InChI is InChI=1S/C10H14N5O4/c11-8-5-9(13-2-12-8)15(3-14-5)10-7(18)6(17)4(1-16)19-10/h3-4,6-7,10,16-18H,1-2H2,(H2,11,12)/t4-,6-,7-,10-/m1/s1. The molecule has 1 fully saturated rings. The van der Waals surface area contributed by atoms with Gasteiger partial charge in [0, 0.05) is 0 Å². The maximum Gasteiger partial charge on any atom is 0.215 e. The number of amidine groups is 2. The van der Waals surface area contributed by atoms with Crippen LogP contribution in [0.3, 0.4) is 0 Å². The molecule has 0 aromatic rings. The fourth-order valence-corrected chi connectivity index (χ4v) is 2.24. The molecule has 0 aliphatic carbocycles. The molecule has 3 heterocycles. The van der Waals surface area contributed by atoms with Gasteiger partial charge in [0.25, 0.3) is 0 Å². The lowest BCUT2D eigenvalue weighted by atomic mass is 10.1. The van der Waals surface area contributed by atoms with E-state index in [9.17, 15) is 10.2 Å². The first-order chi connectivity index (χ1) is 9.13. The van der Waals surface area contributed by atoms with Crippen molar-refractivity contribution in [2.24, 2.45) is 20.7 Å². The van der Waals surface area contributed by atoms with E-state index in [-0.39, 0.29) is 19.1 Å². The van der Waals surface area contributed by atoms with Crippen molar-refractivity contribution in [2.45, 2.75) is 24.5 Å². The summed E-state index contributed by atoms with van der Waals surface area (Å²) in [4.78, 5) is 13.6. The first-order valence-corrected chi connectivity index (χ1v) is 5.80. The quantitative estimate of drug-likeness (QED) is 0.422. The number of hydrogen-bond acceptors (Lipinski definition) is 9. The van der Waals surface area contributed by atoms with E-state index in [1.807, 2.05) is 0 Å². The minimum absolute atomic E-state index is 0.180. The summed E-state index contributed by atoms with van der Waals surface area (Å²) < 4.78 is 5.41. The zero-order valence-electron chi connectivity index (χ0n) is 9.92. The van der Waals surface area contributed by atoms with Gasteiger partial charge in [-0.2, -0.15) is 0 Å². The van der Waals surface area contributed by atoms with Crippen LogP contribution >= 0.6 is 0 Å². The van der Waals surface area contributed by atoms with Gasteiger partial charge in [0.15, 0.2) is 6.23 Å². The van der Waals surface area contributed by atoms with Crippen molar-refractivity contribution in [3.8, 4) is 0 Å². The van der Waals surface area contributed by atoms with E-state index in [0.717, 1.165) is 0 Å². The molecule has 1 saturated heterocycles. The summed E-state index contributed by atoms with van der Waals surface area (Å²) in [5.41, 5.74) is 5.70. The third kappa shape index (κ3) is 1.82. The average Bonchev–Trinajstić information content (AvgIpc) is 2.94. The maximum absolute atomic E-state index is 9.96. The number of nitrogens with zero attached hydrogens (tertiary/aromatic N) is 4. The molecule has 0 aromatic heterocycles. The monoisotopic (exact) mass is 268 g/mol. The molecule has 5 N–H and O–H groups in total. The Hall–Kier alpha value is -1.55. The summed E-state index contributed by atoms with van der Waals surface area (Å²) >= 11 is 0. The molecule has 4 atom stereocenters. The van der Waals surface area contributed by atoms with Crippen LogP contribution < -0.4 is 5.73 Å². The molecule has 0 amide bonds. The third-order valence-corrected chi connectivity index (χ3v) is 3.26. The van der Waals surface area contributed by atoms with E-state index in [1.165, 1.54) is 11.2 Å². The number of ether oxygens (including phenoxy) is 1. The summed E-state index contributed by atoms with van der Waals surface area (Å²) in [7, 11) is 0. The zero-order chi connectivity index (χ0) is 13.6. The smallest absolute Gasteiger partial charge is 0.215 e. The average molecular weight is 268 g/mol. The number of fused-ring (bicyclic) bond motifs is 1. The minimum atomic E-state index is -1.18. The van der Waals surface area contributed by atoms with Gasteiger partial charge in [-0.15, -0.1) is 0 Å². The second kappa shape index (κ2) is 4.53. The Bertz CT molecular complexity index is 465. The van der Waals surface area contributed by atoms with Crippen molar-refractivity contribution >= 4 is 18.0 Å². The van der Waals surface area contributed by atoms with Crippen LogP contribution in [0.5, 0.6) is 0 Å². The Morgan fingerprint density at radius 2 is 2.16 bits per heavy atom. The molecule has 3 rings (SSSR count). The maximum atomic E-state index is 9.96. The normalized spacial score (nSPS) is 38.4. The van der Waals surface area contributed by atoms with Crippen LogP contribution in [0, 0.1) is 6.04 Å². The Balaban J connectivity index is 1.81. The van der Waals surface area contributed by atoms with Gasteiger partial charge in [0.05, 0.1) is 12.9 Å². The highest BCUT2D eigenvalue weighted by atomic mass is 16.6. The topological polar surface area (TPSA) is 136 Å². The van der Waals surface area contributed by atoms with Crippen LogP contribution in [-0.4, -0.2) is 76.0 Å². The molecule has 0 spiro atoms. The SMILES string of the molecule is NC1=NCN=C2[C]1N=CN2[C@@H]1O[C@H](CO)[C@@H](O)[C@H]1O. The molecule has 0 saturated carbocycles. The van der Waals surface area contributed by atoms with Gasteiger partial charge in [0.1, 0.15) is 36.7 Å². The van der Waals surface area contributed by atoms with Gasteiger partial charge in [-0.25, -0.2) is 15.0 Å². The third-order valence-electron chi connectivity index (χ3n) is 3.26. The molecule has 9 heteroatoms. The minimum Gasteiger partial charge on any atom is -0.394 e. The van der Waals surface area contributed by atoms with Crippen LogP contribution in [0.4, 0.5) is 0 Å². The summed E-state index contributed by atoms with van der Waals surface area (Å²) in [6, 6.07) is 0.420. The van der Waals surface area contributed by atoms with Crippen LogP contribution in [0.15, 0.2) is 15.0 Å². The molecule has 1 radical (unpaired) electrons. The van der Waals surface area contributed by atoms with Crippen molar-refractivity contribution in [1.82, 2.24) is 4.90 Å². The molecule has 3 aliphatic heterocycles. The van der Waals surface area contributed by atoms with Crippen LogP contribution in [0.1, 0.15) is 0 Å². The van der Waals surface area contributed by atoms with Crippen molar-refractivity contribution in [3.63, 3.8) is 0 Å². The summed E-state index contributed by atoms with van der Waals surface area (Å²) in [6.45, 7) is -0.203. The summed E-state index contributed by atoms with van der Waals surface area (Å²) in [6.07, 6.45) is -2.62. The number of rotatable bonds is 2. The largest absolute Gasteiger partial charge is 0.394 e. The van der Waals surface area contributed by atoms with Gasteiger partial charge in [-0.05, 0) is 0 Å². The summed E-state index contributed by atoms with van der Waals surface area (Å²) in [5, 5.41) is 28.8. The molecular formula is C10H14N5O4. The van der Waals surface area contributed by atoms with Crippen LogP contribution in [0.25, 0.3) is 0 Å². The number of hydrogen-bond donors (Lipinski definition) is 4. The zero-order valence-corrected chi connectivity index (χ0v) is 9.92. The lowest BCUT2D eigenvalue weighted by molar-refractivity contribution is -0.0508. The van der Waals surface area contributed by atoms with Gasteiger partial charge < -0.3 is 25.8 Å². The highest BCUT2D eigenvalue weighted by molar-refractivity contribution is 6.24. The molecule has 19 heavy (non-hydrogen) atoms. The van der Waals surface area contributed by atoms with Gasteiger partial charge in [0.2, 0.25) is 6.04 Å². The van der Waals surface area contributed by atoms with E-state index in [2.05, 4.69) is 15.0 Å². The highest BCUT2D eigenvalue weighted by Gasteiger charge is 2.48. The summed E-state index contributed by atoms with van der Waals surface area (Å²) in [5.74, 6) is 0.720. The van der Waals surface area contributed by atoms with Gasteiger partial charge >= 0.3 is 0 Å². The molecule has 0 bridgehead atoms. The van der Waals surface area contributed by atoms with E-state index in [1.54, 1.807) is 0 Å². The van der Waals surface area contributed by atoms with Crippen molar-refractivity contribution < 1.29 is 20.1 Å². The Labute approximate surface area is 108 Å². The Morgan fingerprint density at radius 1 is 1.37 bits per heavy atom. The predicted octanol–water partition coefficient (Wildman–Crippen LogP) is -2.97. The highest BCUT2D eigenvalue weighted by Crippen LogP contribution is 2.28. The van der Waals surface area contributed by atoms with E-state index in [4.69, 9.17) is 15.6 Å². The van der Waals surface area contributed by atoms with Crippen LogP contribution in [0.2, 0.25) is 0 Å². The fraction of sp³-hybridized carbons (Fsp3) is 0.600. The van der Waals surface area contributed by atoms with Gasteiger partial charge in [-0.1, -0.05) is 0 Å². The van der Waals surface area contributed by atoms with Crippen molar-refractivity contribution in [3.05, 3.63) is 6.04 Å². The lowest BCUT2D eigenvalue weighted by Gasteiger charge is -2.27. The molecule has 9 nitrogen and oxygen atoms in total. The molecular weight excluding hydrogens is 254 g/mol. The van der Waals surface area contributed by atoms with Crippen molar-refractivity contribution in [2.75, 3.05) is 13.3 Å². The van der Waals surface area contributed by atoms with Crippen LogP contribution in [-0.2, 0) is 4.74 Å².